The van der Waals surface area contributed by atoms with Gasteiger partial charge in [-0.3, -0.25) is 4.98 Å². The van der Waals surface area contributed by atoms with Crippen LogP contribution in [0.2, 0.25) is 0 Å². The Labute approximate surface area is 181 Å². The molecule has 1 atom stereocenters. The fourth-order valence-electron chi connectivity index (χ4n) is 3.11. The van der Waals surface area contributed by atoms with Gasteiger partial charge in [-0.1, -0.05) is 11.8 Å². The molecule has 3 aromatic rings. The number of hydrogen-bond acceptors (Lipinski definition) is 6. The lowest BCUT2D eigenvalue weighted by Crippen LogP contribution is -2.34. The van der Waals surface area contributed by atoms with Crippen LogP contribution in [0, 0.1) is 0 Å². The first-order valence-electron chi connectivity index (χ1n) is 8.74. The fraction of sp³-hybridized carbons (Fsp3) is 0.389. The average molecular weight is 481 g/mol. The molecule has 3 heterocycles. The number of alkyl halides is 6. The Kier molecular flexibility index (Phi) is 6.38. The van der Waals surface area contributed by atoms with Gasteiger partial charge >= 0.3 is 12.4 Å². The molecule has 5 nitrogen and oxygen atoms in total. The minimum absolute atomic E-state index is 0.155. The number of rotatable bonds is 5. The Balaban J connectivity index is 2.04. The molecule has 3 rings (SSSR count). The molecule has 0 spiro atoms. The summed E-state index contributed by atoms with van der Waals surface area (Å²) in [5.74, 6) is -3.34. The zero-order valence-corrected chi connectivity index (χ0v) is 18.0. The number of fused-ring (bicyclic) bond motifs is 1. The number of pyridine rings is 1. The third kappa shape index (κ3) is 5.03. The van der Waals surface area contributed by atoms with Gasteiger partial charge in [0.2, 0.25) is 0 Å². The van der Waals surface area contributed by atoms with Crippen LogP contribution in [0.4, 0.5) is 32.2 Å². The zero-order chi connectivity index (χ0) is 23.1. The summed E-state index contributed by atoms with van der Waals surface area (Å²) in [6.45, 7) is 1.71. The van der Waals surface area contributed by atoms with Gasteiger partial charge in [0.1, 0.15) is 10.8 Å². The molecule has 0 aliphatic heterocycles. The second-order valence-electron chi connectivity index (χ2n) is 6.72. The summed E-state index contributed by atoms with van der Waals surface area (Å²) in [6, 6.07) is 2.85. The molecule has 1 unspecified atom stereocenters. The van der Waals surface area contributed by atoms with Crippen LogP contribution in [-0.4, -0.2) is 38.1 Å². The second kappa shape index (κ2) is 8.41. The van der Waals surface area contributed by atoms with Crippen LogP contribution in [0.25, 0.3) is 10.9 Å². The minimum Gasteiger partial charge on any atom is -0.384 e. The predicted molar refractivity (Wildman–Crippen MR) is 108 cm³/mol. The maximum atomic E-state index is 13.3. The van der Waals surface area contributed by atoms with Crippen LogP contribution in [-0.2, 0) is 7.05 Å². The summed E-state index contributed by atoms with van der Waals surface area (Å²) in [6.07, 6.45) is -7.04. The lowest BCUT2D eigenvalue weighted by Gasteiger charge is -2.22. The van der Waals surface area contributed by atoms with Gasteiger partial charge in [0.05, 0.1) is 22.7 Å². The molecule has 0 fully saturated rings. The van der Waals surface area contributed by atoms with Crippen LogP contribution in [0.5, 0.6) is 0 Å². The van der Waals surface area contributed by atoms with Gasteiger partial charge in [0.25, 0.3) is 0 Å². The molecular formula is C18H17F6N5S2. The van der Waals surface area contributed by atoms with E-state index in [9.17, 15) is 26.3 Å². The van der Waals surface area contributed by atoms with E-state index in [0.717, 1.165) is 18.0 Å². The number of halogens is 6. The van der Waals surface area contributed by atoms with E-state index < -0.39 is 29.1 Å². The van der Waals surface area contributed by atoms with Crippen molar-refractivity contribution in [1.82, 2.24) is 19.5 Å². The van der Waals surface area contributed by atoms with Crippen molar-refractivity contribution >= 4 is 40.2 Å². The summed E-state index contributed by atoms with van der Waals surface area (Å²) < 4.78 is 81.1. The van der Waals surface area contributed by atoms with Gasteiger partial charge in [-0.15, -0.1) is 11.8 Å². The van der Waals surface area contributed by atoms with Crippen LogP contribution in [0.3, 0.4) is 0 Å². The maximum Gasteiger partial charge on any atom is 0.404 e. The van der Waals surface area contributed by atoms with Crippen molar-refractivity contribution < 1.29 is 26.3 Å². The number of nitrogens with zero attached hydrogens (tertiary/aromatic N) is 4. The first-order valence-corrected chi connectivity index (χ1v) is 10.8. The Bertz CT molecular complexity index is 1080. The van der Waals surface area contributed by atoms with Crippen LogP contribution >= 0.6 is 23.5 Å². The van der Waals surface area contributed by atoms with Crippen molar-refractivity contribution in [3.63, 3.8) is 0 Å². The Morgan fingerprint density at radius 1 is 1.06 bits per heavy atom. The number of thioether (sulfide) groups is 2. The molecule has 0 aliphatic carbocycles. The van der Waals surface area contributed by atoms with Crippen molar-refractivity contribution in [1.29, 1.82) is 0 Å². The molecule has 0 saturated carbocycles. The number of anilines is 1. The fourth-order valence-corrected chi connectivity index (χ4v) is 4.46. The van der Waals surface area contributed by atoms with E-state index in [2.05, 4.69) is 15.0 Å². The monoisotopic (exact) mass is 481 g/mol. The number of aromatic nitrogens is 4. The summed E-state index contributed by atoms with van der Waals surface area (Å²) >= 11 is 2.51. The minimum atomic E-state index is -5.49. The van der Waals surface area contributed by atoms with E-state index in [4.69, 9.17) is 5.73 Å². The predicted octanol–water partition coefficient (Wildman–Crippen LogP) is 5.73. The summed E-state index contributed by atoms with van der Waals surface area (Å²) in [5.41, 5.74) is 5.36. The van der Waals surface area contributed by atoms with E-state index in [1.54, 1.807) is 13.0 Å². The molecule has 0 aromatic carbocycles. The second-order valence-corrected chi connectivity index (χ2v) is 8.85. The zero-order valence-electron chi connectivity index (χ0n) is 16.4. The molecule has 3 aromatic heterocycles. The molecule has 0 bridgehead atoms. The van der Waals surface area contributed by atoms with Gasteiger partial charge in [0.15, 0.2) is 11.1 Å². The lowest BCUT2D eigenvalue weighted by atomic mass is 9.97. The molecule has 31 heavy (non-hydrogen) atoms. The van der Waals surface area contributed by atoms with Gasteiger partial charge in [-0.2, -0.15) is 26.3 Å². The lowest BCUT2D eigenvalue weighted by molar-refractivity contribution is -0.253. The molecule has 168 valence electrons. The van der Waals surface area contributed by atoms with E-state index in [1.165, 1.54) is 35.6 Å². The summed E-state index contributed by atoms with van der Waals surface area (Å²) in [5, 5.41) is 0.353. The number of nitrogen functional groups attached to an aromatic ring is 1. The number of hydrogen-bond donors (Lipinski definition) is 1. The van der Waals surface area contributed by atoms with Crippen molar-refractivity contribution in [3.8, 4) is 0 Å². The van der Waals surface area contributed by atoms with E-state index in [0.29, 0.717) is 15.9 Å². The van der Waals surface area contributed by atoms with Crippen LogP contribution < -0.4 is 5.73 Å². The maximum absolute atomic E-state index is 13.3. The van der Waals surface area contributed by atoms with Crippen molar-refractivity contribution in [2.45, 2.75) is 40.6 Å². The van der Waals surface area contributed by atoms with E-state index in [1.807, 2.05) is 6.26 Å². The van der Waals surface area contributed by atoms with Crippen molar-refractivity contribution in [2.24, 2.45) is 7.05 Å². The van der Waals surface area contributed by atoms with Gasteiger partial charge in [-0.05, 0) is 24.8 Å². The summed E-state index contributed by atoms with van der Waals surface area (Å²) in [4.78, 5) is 12.6. The molecule has 0 radical (unpaired) electrons. The smallest absolute Gasteiger partial charge is 0.384 e. The molecule has 0 aliphatic rings. The number of nitrogens with two attached hydrogens (primary N) is 1. The molecule has 2 N–H and O–H groups in total. The van der Waals surface area contributed by atoms with Gasteiger partial charge < -0.3 is 10.3 Å². The highest BCUT2D eigenvalue weighted by Crippen LogP contribution is 2.48. The van der Waals surface area contributed by atoms with Gasteiger partial charge in [-0.25, -0.2) is 9.97 Å². The van der Waals surface area contributed by atoms with E-state index >= 15 is 0 Å². The molecule has 0 amide bonds. The standard InChI is InChI=1S/C18H17F6N5S2/c1-8(31-16-27-13(25)5-14(28-16)30-3)11-4-9-10(7-29(2)12(9)6-26-11)15(17(19,20)21)18(22,23)24/h4-8,15H,1-3H3,(H2,25,27,28). The molecule has 13 heteroatoms. The highest BCUT2D eigenvalue weighted by atomic mass is 32.2. The first-order chi connectivity index (χ1) is 14.3. The van der Waals surface area contributed by atoms with E-state index in [-0.39, 0.29) is 16.7 Å². The first kappa shape index (κ1) is 23.5. The van der Waals surface area contributed by atoms with Crippen molar-refractivity contribution in [3.05, 3.63) is 35.8 Å². The topological polar surface area (TPSA) is 69.6 Å². The van der Waals surface area contributed by atoms with Gasteiger partial charge in [0, 0.05) is 24.7 Å². The SMILES string of the molecule is CSc1cc(N)nc(SC(C)c2cc3c(C(C(F)(F)F)C(F)(F)F)cn(C)c3cn2)n1. The molecular weight excluding hydrogens is 464 g/mol. The molecule has 0 saturated heterocycles. The normalized spacial score (nSPS) is 13.9. The Hall–Kier alpha value is -2.15. The Morgan fingerprint density at radius 3 is 2.29 bits per heavy atom. The van der Waals surface area contributed by atoms with Crippen molar-refractivity contribution in [2.75, 3.05) is 12.0 Å². The quantitative estimate of drug-likeness (QED) is 0.217. The highest BCUT2D eigenvalue weighted by Gasteiger charge is 2.58. The third-order valence-electron chi connectivity index (χ3n) is 4.50. The largest absolute Gasteiger partial charge is 0.404 e. The van der Waals surface area contributed by atoms with Crippen LogP contribution in [0.15, 0.2) is 34.7 Å². The summed E-state index contributed by atoms with van der Waals surface area (Å²) in [7, 11) is 1.37. The number of aryl methyl sites for hydroxylation is 1. The highest BCUT2D eigenvalue weighted by molar-refractivity contribution is 7.99. The van der Waals surface area contributed by atoms with Crippen LogP contribution in [0.1, 0.15) is 29.3 Å². The third-order valence-corrected chi connectivity index (χ3v) is 6.12. The Morgan fingerprint density at radius 2 is 1.71 bits per heavy atom. The average Bonchev–Trinajstić information content (AvgIpc) is 2.94.